The first-order valence-corrected chi connectivity index (χ1v) is 8.15. The highest BCUT2D eigenvalue weighted by Crippen LogP contribution is 2.29. The van der Waals surface area contributed by atoms with Crippen molar-refractivity contribution in [2.75, 3.05) is 19.8 Å². The fourth-order valence-corrected chi connectivity index (χ4v) is 3.38. The minimum Gasteiger partial charge on any atom is -0.381 e. The van der Waals surface area contributed by atoms with Gasteiger partial charge in [-0.15, -0.1) is 0 Å². The fraction of sp³-hybridized carbons (Fsp3) is 0.667. The van der Waals surface area contributed by atoms with Crippen molar-refractivity contribution < 1.29 is 9.53 Å². The zero-order chi connectivity index (χ0) is 13.1. The summed E-state index contributed by atoms with van der Waals surface area (Å²) in [6, 6.07) is 2.64. The third kappa shape index (κ3) is 3.57. The predicted molar refractivity (Wildman–Crippen MR) is 76.3 cm³/mol. The van der Waals surface area contributed by atoms with Gasteiger partial charge in [0.15, 0.2) is 0 Å². The molecule has 1 saturated heterocycles. The van der Waals surface area contributed by atoms with Crippen LogP contribution in [-0.4, -0.2) is 36.6 Å². The molecule has 2 heterocycles. The maximum atomic E-state index is 12.4. The van der Waals surface area contributed by atoms with Crippen LogP contribution in [0.4, 0.5) is 0 Å². The number of rotatable bonds is 6. The van der Waals surface area contributed by atoms with Gasteiger partial charge in [-0.1, -0.05) is 0 Å². The van der Waals surface area contributed by atoms with Gasteiger partial charge in [-0.3, -0.25) is 4.79 Å². The molecule has 1 aromatic heterocycles. The number of carbonyl (C=O) groups is 1. The average molecular weight is 279 g/mol. The molecule has 2 aliphatic rings. The monoisotopic (exact) mass is 279 g/mol. The second-order valence-electron chi connectivity index (χ2n) is 5.64. The van der Waals surface area contributed by atoms with Gasteiger partial charge in [-0.25, -0.2) is 0 Å². The number of hydrogen-bond donors (Lipinski definition) is 0. The van der Waals surface area contributed by atoms with E-state index in [1.54, 1.807) is 11.3 Å². The first kappa shape index (κ1) is 13.1. The minimum absolute atomic E-state index is 0.334. The van der Waals surface area contributed by atoms with E-state index in [-0.39, 0.29) is 0 Å². The minimum atomic E-state index is 0.334. The van der Waals surface area contributed by atoms with Crippen LogP contribution >= 0.6 is 11.3 Å². The molecular formula is C15H21NO2S. The van der Waals surface area contributed by atoms with Crippen LogP contribution in [0, 0.1) is 5.92 Å². The fourth-order valence-electron chi connectivity index (χ4n) is 2.68. The molecule has 0 spiro atoms. The van der Waals surface area contributed by atoms with E-state index in [4.69, 9.17) is 4.74 Å². The van der Waals surface area contributed by atoms with Crippen LogP contribution in [0.15, 0.2) is 16.8 Å². The average Bonchev–Trinajstić information content (AvgIpc) is 2.94. The molecule has 0 unspecified atom stereocenters. The second kappa shape index (κ2) is 6.06. The molecular weight excluding hydrogens is 258 g/mol. The van der Waals surface area contributed by atoms with Gasteiger partial charge in [-0.2, -0.15) is 11.3 Å². The number of thiophene rings is 1. The quantitative estimate of drug-likeness (QED) is 0.801. The van der Waals surface area contributed by atoms with E-state index in [2.05, 4.69) is 21.7 Å². The first-order chi connectivity index (χ1) is 9.33. The van der Waals surface area contributed by atoms with E-state index < -0.39 is 0 Å². The SMILES string of the molecule is O=C(CCc1ccsc1)N(C[C@@H]1CCOC1)C1CC1. The molecule has 0 aromatic carbocycles. The molecule has 0 bridgehead atoms. The van der Waals surface area contributed by atoms with Crippen LogP contribution in [0.3, 0.4) is 0 Å². The molecule has 104 valence electrons. The van der Waals surface area contributed by atoms with Gasteiger partial charge in [0.1, 0.15) is 0 Å². The Morgan fingerprint density at radius 3 is 2.95 bits per heavy atom. The van der Waals surface area contributed by atoms with Crippen LogP contribution < -0.4 is 0 Å². The molecule has 2 fully saturated rings. The van der Waals surface area contributed by atoms with Crippen molar-refractivity contribution in [3.05, 3.63) is 22.4 Å². The molecule has 3 rings (SSSR count). The lowest BCUT2D eigenvalue weighted by atomic mass is 10.1. The number of hydrogen-bond acceptors (Lipinski definition) is 3. The lowest BCUT2D eigenvalue weighted by Crippen LogP contribution is -2.37. The lowest BCUT2D eigenvalue weighted by Gasteiger charge is -2.25. The Labute approximate surface area is 118 Å². The third-order valence-corrected chi connectivity index (χ3v) is 4.73. The number of nitrogens with zero attached hydrogens (tertiary/aromatic N) is 1. The molecule has 1 atom stereocenters. The van der Waals surface area contributed by atoms with Gasteiger partial charge < -0.3 is 9.64 Å². The maximum Gasteiger partial charge on any atom is 0.223 e. The highest BCUT2D eigenvalue weighted by molar-refractivity contribution is 7.07. The van der Waals surface area contributed by atoms with Crippen molar-refractivity contribution in [1.29, 1.82) is 0 Å². The van der Waals surface area contributed by atoms with E-state index in [9.17, 15) is 4.79 Å². The molecule has 19 heavy (non-hydrogen) atoms. The summed E-state index contributed by atoms with van der Waals surface area (Å²) in [5, 5.41) is 4.22. The number of aryl methyl sites for hydroxylation is 1. The van der Waals surface area contributed by atoms with Crippen molar-refractivity contribution in [3.63, 3.8) is 0 Å². The Morgan fingerprint density at radius 1 is 1.42 bits per heavy atom. The highest BCUT2D eigenvalue weighted by Gasteiger charge is 2.34. The summed E-state index contributed by atoms with van der Waals surface area (Å²) >= 11 is 1.70. The van der Waals surface area contributed by atoms with E-state index in [1.807, 2.05) is 0 Å². The van der Waals surface area contributed by atoms with Crippen molar-refractivity contribution in [2.45, 2.75) is 38.1 Å². The van der Waals surface area contributed by atoms with Crippen LogP contribution in [0.1, 0.15) is 31.2 Å². The van der Waals surface area contributed by atoms with E-state index in [0.717, 1.165) is 32.6 Å². The third-order valence-electron chi connectivity index (χ3n) is 3.99. The Morgan fingerprint density at radius 2 is 2.32 bits per heavy atom. The summed E-state index contributed by atoms with van der Waals surface area (Å²) in [5.74, 6) is 0.895. The van der Waals surface area contributed by atoms with E-state index in [0.29, 0.717) is 24.3 Å². The summed E-state index contributed by atoms with van der Waals surface area (Å²) < 4.78 is 5.42. The molecule has 1 saturated carbocycles. The van der Waals surface area contributed by atoms with Gasteiger partial charge in [0.05, 0.1) is 6.61 Å². The van der Waals surface area contributed by atoms with Gasteiger partial charge in [-0.05, 0) is 48.1 Å². The summed E-state index contributed by atoms with van der Waals surface area (Å²) in [7, 11) is 0. The Hall–Kier alpha value is -0.870. The maximum absolute atomic E-state index is 12.4. The van der Waals surface area contributed by atoms with Crippen molar-refractivity contribution in [3.8, 4) is 0 Å². The Balaban J connectivity index is 1.52. The van der Waals surface area contributed by atoms with Crippen LogP contribution in [-0.2, 0) is 16.0 Å². The predicted octanol–water partition coefficient (Wildman–Crippen LogP) is 2.71. The zero-order valence-electron chi connectivity index (χ0n) is 11.2. The zero-order valence-corrected chi connectivity index (χ0v) is 12.0. The molecule has 0 radical (unpaired) electrons. The van der Waals surface area contributed by atoms with Crippen molar-refractivity contribution in [2.24, 2.45) is 5.92 Å². The largest absolute Gasteiger partial charge is 0.381 e. The highest BCUT2D eigenvalue weighted by atomic mass is 32.1. The summed E-state index contributed by atoms with van der Waals surface area (Å²) in [6.07, 6.45) is 5.03. The number of carbonyl (C=O) groups excluding carboxylic acids is 1. The normalized spacial score (nSPS) is 22.6. The smallest absolute Gasteiger partial charge is 0.223 e. The standard InChI is InChI=1S/C15H21NO2S/c17-15(4-1-12-6-8-19-11-12)16(14-2-3-14)9-13-5-7-18-10-13/h6,8,11,13-14H,1-5,7,9-10H2/t13-/m0/s1. The van der Waals surface area contributed by atoms with Gasteiger partial charge in [0, 0.05) is 31.5 Å². The summed E-state index contributed by atoms with van der Waals surface area (Å²) in [6.45, 7) is 2.61. The molecule has 4 heteroatoms. The number of amides is 1. The molecule has 3 nitrogen and oxygen atoms in total. The van der Waals surface area contributed by atoms with Gasteiger partial charge >= 0.3 is 0 Å². The number of ether oxygens (including phenoxy) is 1. The first-order valence-electron chi connectivity index (χ1n) is 7.21. The van der Waals surface area contributed by atoms with E-state index in [1.165, 1.54) is 18.4 Å². The summed E-state index contributed by atoms with van der Waals surface area (Å²) in [4.78, 5) is 14.5. The van der Waals surface area contributed by atoms with Crippen LogP contribution in [0.2, 0.25) is 0 Å². The van der Waals surface area contributed by atoms with Crippen molar-refractivity contribution in [1.82, 2.24) is 4.90 Å². The Bertz CT molecular complexity index is 408. The topological polar surface area (TPSA) is 29.5 Å². The molecule has 0 N–H and O–H groups in total. The second-order valence-corrected chi connectivity index (χ2v) is 6.42. The summed E-state index contributed by atoms with van der Waals surface area (Å²) in [5.41, 5.74) is 1.29. The van der Waals surface area contributed by atoms with E-state index >= 15 is 0 Å². The Kier molecular flexibility index (Phi) is 4.18. The van der Waals surface area contributed by atoms with Crippen molar-refractivity contribution >= 4 is 17.2 Å². The van der Waals surface area contributed by atoms with Crippen LogP contribution in [0.25, 0.3) is 0 Å². The molecule has 1 aliphatic carbocycles. The van der Waals surface area contributed by atoms with Crippen LogP contribution in [0.5, 0.6) is 0 Å². The molecule has 1 aliphatic heterocycles. The molecule has 1 aromatic rings. The van der Waals surface area contributed by atoms with Gasteiger partial charge in [0.2, 0.25) is 5.91 Å². The van der Waals surface area contributed by atoms with Gasteiger partial charge in [0.25, 0.3) is 0 Å². The lowest BCUT2D eigenvalue weighted by molar-refractivity contribution is -0.132. The molecule has 1 amide bonds.